The number of rotatable bonds is 3. The zero-order chi connectivity index (χ0) is 14.3. The van der Waals surface area contributed by atoms with E-state index in [4.69, 9.17) is 9.52 Å². The lowest BCUT2D eigenvalue weighted by Crippen LogP contribution is -2.29. The van der Waals surface area contributed by atoms with Gasteiger partial charge in [0, 0.05) is 18.4 Å². The molecule has 0 aliphatic carbocycles. The van der Waals surface area contributed by atoms with Gasteiger partial charge in [-0.3, -0.25) is 9.59 Å². The van der Waals surface area contributed by atoms with Gasteiger partial charge in [-0.25, -0.2) is 0 Å². The highest BCUT2D eigenvalue weighted by Crippen LogP contribution is 2.31. The molecule has 1 aromatic carbocycles. The van der Waals surface area contributed by atoms with E-state index in [1.54, 1.807) is 4.90 Å². The number of benzene rings is 1. The Labute approximate surface area is 115 Å². The number of aliphatic carboxylic acids is 1. The Balaban J connectivity index is 1.87. The summed E-state index contributed by atoms with van der Waals surface area (Å²) in [5.74, 6) is -0.983. The van der Waals surface area contributed by atoms with Gasteiger partial charge in [0.2, 0.25) is 5.91 Å². The Bertz CT molecular complexity index is 642. The second kappa shape index (κ2) is 4.67. The number of carboxylic acid groups (broad SMARTS) is 1. The van der Waals surface area contributed by atoms with Crippen molar-refractivity contribution in [1.82, 2.24) is 4.90 Å². The smallest absolute Gasteiger partial charge is 0.308 e. The normalized spacial score (nSPS) is 20.6. The van der Waals surface area contributed by atoms with Gasteiger partial charge in [0.05, 0.1) is 12.0 Å². The molecule has 20 heavy (non-hydrogen) atoms. The second-order valence-electron chi connectivity index (χ2n) is 5.15. The largest absolute Gasteiger partial charge is 0.481 e. The average molecular weight is 273 g/mol. The Morgan fingerprint density at radius 3 is 2.85 bits per heavy atom. The molecule has 5 nitrogen and oxygen atoms in total. The van der Waals surface area contributed by atoms with Gasteiger partial charge in [0.25, 0.3) is 0 Å². The van der Waals surface area contributed by atoms with E-state index >= 15 is 0 Å². The van der Waals surface area contributed by atoms with Crippen LogP contribution in [0.5, 0.6) is 0 Å². The Morgan fingerprint density at radius 1 is 1.45 bits per heavy atom. The van der Waals surface area contributed by atoms with Crippen LogP contribution in [-0.2, 0) is 9.59 Å². The molecule has 2 heterocycles. The summed E-state index contributed by atoms with van der Waals surface area (Å²) in [6, 6.07) is 9.29. The highest BCUT2D eigenvalue weighted by molar-refractivity contribution is 5.86. The van der Waals surface area contributed by atoms with E-state index in [9.17, 15) is 9.59 Å². The predicted molar refractivity (Wildman–Crippen MR) is 72.1 cm³/mol. The number of carbonyl (C=O) groups is 2. The number of carbonyl (C=O) groups excluding carboxylic acids is 1. The average Bonchev–Trinajstić information content (AvgIpc) is 3.01. The summed E-state index contributed by atoms with van der Waals surface area (Å²) in [5, 5.41) is 10.00. The maximum Gasteiger partial charge on any atom is 0.308 e. The highest BCUT2D eigenvalue weighted by Gasteiger charge is 2.37. The molecule has 104 valence electrons. The number of likely N-dealkylation sites (tertiary alicyclic amines) is 1. The van der Waals surface area contributed by atoms with E-state index in [1.807, 2.05) is 37.3 Å². The fraction of sp³-hybridized carbons (Fsp3) is 0.333. The van der Waals surface area contributed by atoms with Crippen LogP contribution in [0.1, 0.15) is 25.1 Å². The van der Waals surface area contributed by atoms with Gasteiger partial charge in [0.15, 0.2) is 0 Å². The standard InChI is InChI=1S/C15H15NO4/c1-9(16-8-11(15(18)19)7-14(16)17)13-6-10-4-2-3-5-12(10)20-13/h2-6,9,11H,7-8H2,1H3,(H,18,19). The lowest BCUT2D eigenvalue weighted by atomic mass is 10.1. The fourth-order valence-corrected chi connectivity index (χ4v) is 2.63. The first-order valence-electron chi connectivity index (χ1n) is 6.57. The van der Waals surface area contributed by atoms with Crippen LogP contribution in [0.3, 0.4) is 0 Å². The van der Waals surface area contributed by atoms with E-state index in [1.165, 1.54) is 0 Å². The number of hydrogen-bond acceptors (Lipinski definition) is 3. The second-order valence-corrected chi connectivity index (χ2v) is 5.15. The van der Waals surface area contributed by atoms with Gasteiger partial charge in [0.1, 0.15) is 11.3 Å². The first kappa shape index (κ1) is 12.7. The summed E-state index contributed by atoms with van der Waals surface area (Å²) in [4.78, 5) is 24.5. The maximum absolute atomic E-state index is 11.9. The van der Waals surface area contributed by atoms with Gasteiger partial charge in [-0.05, 0) is 19.1 Å². The molecule has 1 amide bonds. The quantitative estimate of drug-likeness (QED) is 0.932. The van der Waals surface area contributed by atoms with E-state index in [0.717, 1.165) is 11.0 Å². The van der Waals surface area contributed by atoms with Crippen LogP contribution in [0.4, 0.5) is 0 Å². The number of hydrogen-bond donors (Lipinski definition) is 1. The van der Waals surface area contributed by atoms with E-state index in [-0.39, 0.29) is 24.9 Å². The van der Waals surface area contributed by atoms with E-state index < -0.39 is 11.9 Å². The number of nitrogens with zero attached hydrogens (tertiary/aromatic N) is 1. The van der Waals surface area contributed by atoms with Gasteiger partial charge in [-0.2, -0.15) is 0 Å². The van der Waals surface area contributed by atoms with Crippen molar-refractivity contribution < 1.29 is 19.1 Å². The molecular weight excluding hydrogens is 258 g/mol. The van der Waals surface area contributed by atoms with Crippen LogP contribution in [0.2, 0.25) is 0 Å². The molecule has 2 aromatic rings. The molecule has 3 rings (SSSR count). The van der Waals surface area contributed by atoms with Crippen molar-refractivity contribution in [1.29, 1.82) is 0 Å². The molecule has 1 aliphatic heterocycles. The summed E-state index contributed by atoms with van der Waals surface area (Å²) in [6.45, 7) is 2.10. The molecule has 0 bridgehead atoms. The molecule has 1 aliphatic rings. The number of furan rings is 1. The van der Waals surface area contributed by atoms with Crippen LogP contribution < -0.4 is 0 Å². The molecule has 5 heteroatoms. The highest BCUT2D eigenvalue weighted by atomic mass is 16.4. The predicted octanol–water partition coefficient (Wildman–Crippen LogP) is 2.43. The topological polar surface area (TPSA) is 70.8 Å². The maximum atomic E-state index is 11.9. The molecule has 1 aromatic heterocycles. The molecule has 0 saturated carbocycles. The van der Waals surface area contributed by atoms with Gasteiger partial charge in [-0.1, -0.05) is 18.2 Å². The van der Waals surface area contributed by atoms with Crippen LogP contribution in [0, 0.1) is 5.92 Å². The van der Waals surface area contributed by atoms with Crippen molar-refractivity contribution in [2.75, 3.05) is 6.54 Å². The van der Waals surface area contributed by atoms with Gasteiger partial charge >= 0.3 is 5.97 Å². The van der Waals surface area contributed by atoms with Crippen LogP contribution in [0.25, 0.3) is 11.0 Å². The molecule has 1 saturated heterocycles. The molecular formula is C15H15NO4. The zero-order valence-electron chi connectivity index (χ0n) is 11.1. The van der Waals surface area contributed by atoms with Crippen molar-refractivity contribution in [3.8, 4) is 0 Å². The minimum Gasteiger partial charge on any atom is -0.481 e. The molecule has 0 spiro atoms. The Kier molecular flexibility index (Phi) is 2.97. The number of carboxylic acids is 1. The van der Waals surface area contributed by atoms with E-state index in [2.05, 4.69) is 0 Å². The zero-order valence-corrected chi connectivity index (χ0v) is 11.1. The number of para-hydroxylation sites is 1. The minimum absolute atomic E-state index is 0.0693. The molecule has 1 fully saturated rings. The summed E-state index contributed by atoms with van der Waals surface area (Å²) in [6.07, 6.45) is 0.0693. The third kappa shape index (κ3) is 2.05. The molecule has 1 N–H and O–H groups in total. The monoisotopic (exact) mass is 273 g/mol. The van der Waals surface area contributed by atoms with Crippen molar-refractivity contribution in [2.24, 2.45) is 5.92 Å². The summed E-state index contributed by atoms with van der Waals surface area (Å²) in [5.41, 5.74) is 0.774. The minimum atomic E-state index is -0.919. The van der Waals surface area contributed by atoms with Crippen molar-refractivity contribution in [3.05, 3.63) is 36.1 Å². The lowest BCUT2D eigenvalue weighted by molar-refractivity contribution is -0.141. The first-order chi connectivity index (χ1) is 9.56. The van der Waals surface area contributed by atoms with E-state index in [0.29, 0.717) is 5.76 Å². The van der Waals surface area contributed by atoms with Crippen molar-refractivity contribution in [3.63, 3.8) is 0 Å². The van der Waals surface area contributed by atoms with Crippen LogP contribution in [0.15, 0.2) is 34.7 Å². The Hall–Kier alpha value is -2.30. The Morgan fingerprint density at radius 2 is 2.20 bits per heavy atom. The SMILES string of the molecule is CC(c1cc2ccccc2o1)N1CC(C(=O)O)CC1=O. The van der Waals surface area contributed by atoms with Gasteiger partial charge < -0.3 is 14.4 Å². The van der Waals surface area contributed by atoms with Gasteiger partial charge in [-0.15, -0.1) is 0 Å². The lowest BCUT2D eigenvalue weighted by Gasteiger charge is -2.22. The molecule has 2 atom stereocenters. The van der Waals surface area contributed by atoms with Crippen molar-refractivity contribution in [2.45, 2.75) is 19.4 Å². The molecule has 0 radical (unpaired) electrons. The molecule has 2 unspecified atom stereocenters. The van der Waals surface area contributed by atoms with Crippen LogP contribution >= 0.6 is 0 Å². The summed E-state index contributed by atoms with van der Waals surface area (Å²) < 4.78 is 5.74. The fourth-order valence-electron chi connectivity index (χ4n) is 2.63. The summed E-state index contributed by atoms with van der Waals surface area (Å²) in [7, 11) is 0. The van der Waals surface area contributed by atoms with Crippen LogP contribution in [-0.4, -0.2) is 28.4 Å². The number of amides is 1. The summed E-state index contributed by atoms with van der Waals surface area (Å²) >= 11 is 0. The third-order valence-corrected chi connectivity index (χ3v) is 3.83. The number of fused-ring (bicyclic) bond motifs is 1. The third-order valence-electron chi connectivity index (χ3n) is 3.83. The first-order valence-corrected chi connectivity index (χ1v) is 6.57. The van der Waals surface area contributed by atoms with Crippen molar-refractivity contribution >= 4 is 22.8 Å².